The van der Waals surface area contributed by atoms with Crippen molar-refractivity contribution in [1.82, 2.24) is 14.4 Å². The van der Waals surface area contributed by atoms with Crippen LogP contribution in [0, 0.1) is 18.3 Å². The summed E-state index contributed by atoms with van der Waals surface area (Å²) in [7, 11) is 0. The summed E-state index contributed by atoms with van der Waals surface area (Å²) < 4.78 is 2.26. The number of pyridine rings is 1. The van der Waals surface area contributed by atoms with Crippen molar-refractivity contribution in [3.05, 3.63) is 31.9 Å². The van der Waals surface area contributed by atoms with Gasteiger partial charge in [-0.2, -0.15) is 5.26 Å². The molecule has 1 amide bonds. The normalized spacial score (nSPS) is 18.8. The third kappa shape index (κ3) is 4.49. The second-order valence-corrected chi connectivity index (χ2v) is 10.0. The van der Waals surface area contributed by atoms with Crippen LogP contribution >= 0.6 is 24.0 Å². The molecule has 0 atom stereocenters. The minimum absolute atomic E-state index is 0.0280. The molecule has 2 aliphatic heterocycles. The smallest absolute Gasteiger partial charge is 0.270 e. The van der Waals surface area contributed by atoms with E-state index in [1.54, 1.807) is 16.4 Å². The topological polar surface area (TPSA) is 72.6 Å². The average Bonchev–Trinajstić information content (AvgIpc) is 3.05. The summed E-state index contributed by atoms with van der Waals surface area (Å²) in [5.74, 6) is 0.682. The maximum atomic E-state index is 13.2. The largest absolute Gasteiger partial charge is 0.355 e. The van der Waals surface area contributed by atoms with Gasteiger partial charge in [-0.3, -0.25) is 19.1 Å². The highest BCUT2D eigenvalue weighted by Crippen LogP contribution is 2.37. The summed E-state index contributed by atoms with van der Waals surface area (Å²) in [6.07, 6.45) is 2.61. The molecule has 3 heterocycles. The van der Waals surface area contributed by atoms with Gasteiger partial charge in [0.25, 0.3) is 11.5 Å². The summed E-state index contributed by atoms with van der Waals surface area (Å²) in [6, 6.07) is 2.08. The van der Waals surface area contributed by atoms with Gasteiger partial charge >= 0.3 is 0 Å². The number of carbonyl (C=O) groups is 1. The van der Waals surface area contributed by atoms with Gasteiger partial charge in [0.05, 0.1) is 4.91 Å². The van der Waals surface area contributed by atoms with E-state index < -0.39 is 0 Å². The number of hydrogen-bond acceptors (Lipinski definition) is 7. The molecule has 0 aliphatic carbocycles. The highest BCUT2D eigenvalue weighted by molar-refractivity contribution is 8.26. The van der Waals surface area contributed by atoms with Gasteiger partial charge in [0.1, 0.15) is 21.8 Å². The Morgan fingerprint density at radius 3 is 2.34 bits per heavy atom. The van der Waals surface area contributed by atoms with Crippen LogP contribution in [0.4, 0.5) is 5.82 Å². The Labute approximate surface area is 199 Å². The predicted molar refractivity (Wildman–Crippen MR) is 135 cm³/mol. The average molecular weight is 474 g/mol. The van der Waals surface area contributed by atoms with Gasteiger partial charge in [0.2, 0.25) is 0 Å². The van der Waals surface area contributed by atoms with Gasteiger partial charge in [-0.15, -0.1) is 0 Å². The van der Waals surface area contributed by atoms with Gasteiger partial charge in [0.15, 0.2) is 0 Å². The fraction of sp³-hybridized carbons (Fsp3) is 0.565. The number of rotatable bonds is 6. The molecule has 2 saturated heterocycles. The van der Waals surface area contributed by atoms with Crippen molar-refractivity contribution in [2.45, 2.75) is 53.6 Å². The van der Waals surface area contributed by atoms with E-state index in [9.17, 15) is 14.9 Å². The second-order valence-electron chi connectivity index (χ2n) is 8.37. The Hall–Kier alpha value is -2.15. The summed E-state index contributed by atoms with van der Waals surface area (Å²) in [5, 5.41) is 9.75. The monoisotopic (exact) mass is 473 g/mol. The fourth-order valence-corrected chi connectivity index (χ4v) is 5.75. The van der Waals surface area contributed by atoms with E-state index in [1.165, 1.54) is 11.8 Å². The van der Waals surface area contributed by atoms with Crippen LogP contribution in [0.2, 0.25) is 0 Å². The third-order valence-electron chi connectivity index (χ3n) is 6.03. The number of amides is 1. The zero-order valence-electron chi connectivity index (χ0n) is 19.5. The van der Waals surface area contributed by atoms with E-state index in [4.69, 9.17) is 12.2 Å². The van der Waals surface area contributed by atoms with Gasteiger partial charge < -0.3 is 9.80 Å². The molecule has 32 heavy (non-hydrogen) atoms. The lowest BCUT2D eigenvalue weighted by Crippen LogP contribution is -2.48. The molecule has 172 valence electrons. The molecule has 1 aromatic rings. The molecule has 0 bridgehead atoms. The number of thiocarbonyl (C=S) groups is 1. The van der Waals surface area contributed by atoms with E-state index in [0.29, 0.717) is 21.3 Å². The molecule has 0 spiro atoms. The minimum atomic E-state index is -0.258. The van der Waals surface area contributed by atoms with Gasteiger partial charge in [-0.05, 0) is 45.4 Å². The van der Waals surface area contributed by atoms with Crippen LogP contribution in [0.5, 0.6) is 0 Å². The van der Waals surface area contributed by atoms with E-state index >= 15 is 0 Å². The standard InChI is InChI=1S/C23H31N5O2S2/c1-6-8-27-20(26-11-9-25(7-2)10-12-26)17(16(5)18(14-24)21(27)29)13-19-22(30)28(15(3)4)23(31)32-19/h13,15H,6-12H2,1-5H3. The Balaban J connectivity index is 2.21. The molecule has 1 aromatic heterocycles. The summed E-state index contributed by atoms with van der Waals surface area (Å²) >= 11 is 6.73. The number of hydrogen-bond donors (Lipinski definition) is 0. The molecular formula is C23H31N5O2S2. The molecule has 2 aliphatic rings. The highest BCUT2D eigenvalue weighted by atomic mass is 32.2. The zero-order valence-corrected chi connectivity index (χ0v) is 21.1. The van der Waals surface area contributed by atoms with Gasteiger partial charge in [-0.1, -0.05) is 37.8 Å². The number of carbonyl (C=O) groups excluding carboxylic acids is 1. The molecule has 0 N–H and O–H groups in total. The van der Waals surface area contributed by atoms with Crippen molar-refractivity contribution in [3.63, 3.8) is 0 Å². The molecule has 0 aromatic carbocycles. The van der Waals surface area contributed by atoms with Gasteiger partial charge in [0, 0.05) is 44.3 Å². The molecule has 7 nitrogen and oxygen atoms in total. The van der Waals surface area contributed by atoms with E-state index in [2.05, 4.69) is 22.8 Å². The van der Waals surface area contributed by atoms with Crippen molar-refractivity contribution in [1.29, 1.82) is 5.26 Å². The third-order valence-corrected chi connectivity index (χ3v) is 7.36. The minimum Gasteiger partial charge on any atom is -0.355 e. The van der Waals surface area contributed by atoms with Crippen molar-refractivity contribution >= 4 is 46.1 Å². The predicted octanol–water partition coefficient (Wildman–Crippen LogP) is 3.19. The fourth-order valence-electron chi connectivity index (χ4n) is 4.25. The number of aromatic nitrogens is 1. The Kier molecular flexibility index (Phi) is 7.80. The van der Waals surface area contributed by atoms with Crippen LogP contribution in [0.15, 0.2) is 9.70 Å². The summed E-state index contributed by atoms with van der Waals surface area (Å²) in [4.78, 5) is 33.1. The number of anilines is 1. The Morgan fingerprint density at radius 2 is 1.84 bits per heavy atom. The molecule has 0 saturated carbocycles. The zero-order chi connectivity index (χ0) is 23.6. The number of piperazine rings is 1. The summed E-state index contributed by atoms with van der Waals surface area (Å²) in [5.41, 5.74) is 1.27. The maximum Gasteiger partial charge on any atom is 0.270 e. The highest BCUT2D eigenvalue weighted by Gasteiger charge is 2.35. The summed E-state index contributed by atoms with van der Waals surface area (Å²) in [6.45, 7) is 14.7. The molecule has 2 fully saturated rings. The van der Waals surface area contributed by atoms with E-state index in [0.717, 1.165) is 50.5 Å². The molecular weight excluding hydrogens is 442 g/mol. The second kappa shape index (κ2) is 10.2. The van der Waals surface area contributed by atoms with Crippen molar-refractivity contribution in [2.24, 2.45) is 0 Å². The first-order valence-electron chi connectivity index (χ1n) is 11.2. The van der Waals surface area contributed by atoms with Crippen LogP contribution in [0.3, 0.4) is 0 Å². The molecule has 3 rings (SSSR count). The van der Waals surface area contributed by atoms with E-state index in [1.807, 2.05) is 26.8 Å². The maximum absolute atomic E-state index is 13.2. The van der Waals surface area contributed by atoms with Crippen molar-refractivity contribution in [3.8, 4) is 6.07 Å². The number of nitriles is 1. The van der Waals surface area contributed by atoms with Gasteiger partial charge in [-0.25, -0.2) is 0 Å². The van der Waals surface area contributed by atoms with Crippen molar-refractivity contribution < 1.29 is 4.79 Å². The SMILES string of the molecule is CCCn1c(N2CCN(CC)CC2)c(C=C2SC(=S)N(C(C)C)C2=O)c(C)c(C#N)c1=O. The van der Waals surface area contributed by atoms with Crippen molar-refractivity contribution in [2.75, 3.05) is 37.6 Å². The number of likely N-dealkylation sites (N-methyl/N-ethyl adjacent to an activating group) is 1. The lowest BCUT2D eigenvalue weighted by molar-refractivity contribution is -0.123. The molecule has 0 radical (unpaired) electrons. The van der Waals surface area contributed by atoms with Crippen LogP contribution in [0.1, 0.15) is 50.8 Å². The first-order chi connectivity index (χ1) is 15.2. The molecule has 9 heteroatoms. The Morgan fingerprint density at radius 1 is 1.19 bits per heavy atom. The first kappa shape index (κ1) is 24.5. The lowest BCUT2D eigenvalue weighted by Gasteiger charge is -2.37. The first-order valence-corrected chi connectivity index (χ1v) is 12.4. The lowest BCUT2D eigenvalue weighted by atomic mass is 10.0. The number of thioether (sulfide) groups is 1. The number of nitrogens with zero attached hydrogens (tertiary/aromatic N) is 5. The van der Waals surface area contributed by atoms with Crippen LogP contribution in [-0.4, -0.2) is 63.4 Å². The Bertz CT molecular complexity index is 1050. The molecule has 0 unspecified atom stereocenters. The van der Waals surface area contributed by atoms with Crippen LogP contribution in [0.25, 0.3) is 6.08 Å². The van der Waals surface area contributed by atoms with Crippen LogP contribution < -0.4 is 10.5 Å². The van der Waals surface area contributed by atoms with Crippen LogP contribution in [-0.2, 0) is 11.3 Å². The van der Waals surface area contributed by atoms with E-state index in [-0.39, 0.29) is 23.1 Å². The quantitative estimate of drug-likeness (QED) is 0.464.